The molecule has 0 unspecified atom stereocenters. The van der Waals surface area contributed by atoms with E-state index in [9.17, 15) is 9.65 Å². The van der Waals surface area contributed by atoms with Crippen LogP contribution in [0.25, 0.3) is 0 Å². The number of benzene rings is 1. The van der Waals surface area contributed by atoms with Crippen molar-refractivity contribution in [1.29, 1.82) is 5.26 Å². The number of nitriles is 1. The lowest BCUT2D eigenvalue weighted by Gasteiger charge is -2.23. The average molecular weight is 324 g/mol. The summed E-state index contributed by atoms with van der Waals surface area (Å²) < 4.78 is 13.8. The highest BCUT2D eigenvalue weighted by Crippen LogP contribution is 2.28. The molecule has 2 aromatic rings. The maximum Gasteiger partial charge on any atom is 0.143 e. The molecule has 1 saturated heterocycles. The molecule has 24 heavy (non-hydrogen) atoms. The zero-order chi connectivity index (χ0) is 16.9. The monoisotopic (exact) mass is 324 g/mol. The Bertz CT molecular complexity index is 726. The fourth-order valence-electron chi connectivity index (χ4n) is 3.40. The summed E-state index contributed by atoms with van der Waals surface area (Å²) >= 11 is 0. The summed E-state index contributed by atoms with van der Waals surface area (Å²) in [4.78, 5) is 8.57. The Hall–Kier alpha value is -2.45. The van der Waals surface area contributed by atoms with E-state index >= 15 is 0 Å². The van der Waals surface area contributed by atoms with Crippen molar-refractivity contribution in [1.82, 2.24) is 9.88 Å². The van der Waals surface area contributed by atoms with E-state index in [1.165, 1.54) is 11.6 Å². The van der Waals surface area contributed by atoms with Crippen LogP contribution in [0.1, 0.15) is 17.5 Å². The van der Waals surface area contributed by atoms with E-state index < -0.39 is 5.82 Å². The summed E-state index contributed by atoms with van der Waals surface area (Å²) in [7, 11) is 2.11. The molecular formula is C19H21FN4. The van der Waals surface area contributed by atoms with E-state index in [2.05, 4.69) is 27.9 Å². The molecule has 0 saturated carbocycles. The largest absolute Gasteiger partial charge is 0.370 e. The van der Waals surface area contributed by atoms with Crippen molar-refractivity contribution < 1.29 is 4.39 Å². The molecule has 3 rings (SSSR count). The molecule has 0 spiro atoms. The number of hydrogen-bond donors (Lipinski definition) is 0. The lowest BCUT2D eigenvalue weighted by molar-refractivity contribution is 0.279. The Morgan fingerprint density at radius 3 is 3.00 bits per heavy atom. The third-order valence-corrected chi connectivity index (χ3v) is 4.48. The molecule has 1 aromatic heterocycles. The maximum atomic E-state index is 13.8. The Morgan fingerprint density at radius 2 is 2.25 bits per heavy atom. The van der Waals surface area contributed by atoms with Crippen molar-refractivity contribution in [3.63, 3.8) is 0 Å². The first-order valence-corrected chi connectivity index (χ1v) is 8.18. The molecule has 5 heteroatoms. The Labute approximate surface area is 142 Å². The zero-order valence-electron chi connectivity index (χ0n) is 13.8. The van der Waals surface area contributed by atoms with E-state index in [0.29, 0.717) is 5.92 Å². The minimum atomic E-state index is -0.438. The van der Waals surface area contributed by atoms with Crippen molar-refractivity contribution in [3.05, 3.63) is 59.7 Å². The summed E-state index contributed by atoms with van der Waals surface area (Å²) in [6.07, 6.45) is 4.73. The molecular weight excluding hydrogens is 303 g/mol. The zero-order valence-corrected chi connectivity index (χ0v) is 13.8. The lowest BCUT2D eigenvalue weighted by atomic mass is 10.1. The summed E-state index contributed by atoms with van der Waals surface area (Å²) in [6.45, 7) is 3.56. The number of halogens is 1. The van der Waals surface area contributed by atoms with Crippen molar-refractivity contribution in [2.75, 3.05) is 31.6 Å². The SMILES string of the molecule is CN(Cc1cccnc1)C[C@H]1CCN(c2cccc(F)c2C#N)C1. The van der Waals surface area contributed by atoms with Gasteiger partial charge >= 0.3 is 0 Å². The van der Waals surface area contributed by atoms with Gasteiger partial charge in [-0.25, -0.2) is 4.39 Å². The van der Waals surface area contributed by atoms with Crippen LogP contribution in [0.15, 0.2) is 42.7 Å². The second-order valence-electron chi connectivity index (χ2n) is 6.40. The number of hydrogen-bond acceptors (Lipinski definition) is 4. The van der Waals surface area contributed by atoms with Crippen molar-refractivity contribution >= 4 is 5.69 Å². The van der Waals surface area contributed by atoms with Crippen LogP contribution in [-0.2, 0) is 6.54 Å². The molecule has 1 aromatic carbocycles. The van der Waals surface area contributed by atoms with Gasteiger partial charge in [0, 0.05) is 38.6 Å². The number of pyridine rings is 1. The standard InChI is InChI=1S/C19H21FN4/c1-23(12-15-4-3-8-22-11-15)13-16-7-9-24(14-16)19-6-2-5-18(20)17(19)10-21/h2-6,8,11,16H,7,9,12-14H2,1H3/t16-/m1/s1. The fraction of sp³-hybridized carbons (Fsp3) is 0.368. The first kappa shape index (κ1) is 16.4. The van der Waals surface area contributed by atoms with Gasteiger partial charge in [0.2, 0.25) is 0 Å². The minimum absolute atomic E-state index is 0.155. The number of anilines is 1. The fourth-order valence-corrected chi connectivity index (χ4v) is 3.40. The summed E-state index contributed by atoms with van der Waals surface area (Å²) in [6, 6.07) is 10.9. The Kier molecular flexibility index (Phi) is 5.07. The molecule has 0 amide bonds. The number of rotatable bonds is 5. The van der Waals surface area contributed by atoms with Gasteiger partial charge in [0.05, 0.1) is 5.69 Å². The Balaban J connectivity index is 1.60. The summed E-state index contributed by atoms with van der Waals surface area (Å²) in [5.74, 6) is 0.0774. The molecule has 2 heterocycles. The smallest absolute Gasteiger partial charge is 0.143 e. The van der Waals surface area contributed by atoms with Crippen LogP contribution >= 0.6 is 0 Å². The maximum absolute atomic E-state index is 13.8. The molecule has 1 atom stereocenters. The first-order valence-electron chi connectivity index (χ1n) is 8.18. The number of nitrogens with zero attached hydrogens (tertiary/aromatic N) is 4. The lowest BCUT2D eigenvalue weighted by Crippen LogP contribution is -2.28. The molecule has 1 fully saturated rings. The second-order valence-corrected chi connectivity index (χ2v) is 6.40. The quantitative estimate of drug-likeness (QED) is 0.848. The van der Waals surface area contributed by atoms with E-state index in [0.717, 1.165) is 38.3 Å². The van der Waals surface area contributed by atoms with Gasteiger partial charge in [-0.2, -0.15) is 5.26 Å². The van der Waals surface area contributed by atoms with Gasteiger partial charge < -0.3 is 9.80 Å². The average Bonchev–Trinajstić information content (AvgIpc) is 3.03. The van der Waals surface area contributed by atoms with Gasteiger partial charge in [0.15, 0.2) is 0 Å². The molecule has 0 aliphatic carbocycles. The molecule has 1 aliphatic rings. The van der Waals surface area contributed by atoms with E-state index in [1.807, 2.05) is 24.4 Å². The molecule has 0 bridgehead atoms. The van der Waals surface area contributed by atoms with Crippen LogP contribution in [0, 0.1) is 23.1 Å². The van der Waals surface area contributed by atoms with Gasteiger partial charge in [-0.1, -0.05) is 12.1 Å². The molecule has 124 valence electrons. The summed E-state index contributed by atoms with van der Waals surface area (Å²) in [5, 5.41) is 9.20. The van der Waals surface area contributed by atoms with Crippen LogP contribution in [0.3, 0.4) is 0 Å². The van der Waals surface area contributed by atoms with Crippen LogP contribution in [0.4, 0.5) is 10.1 Å². The van der Waals surface area contributed by atoms with Crippen LogP contribution in [0.5, 0.6) is 0 Å². The van der Waals surface area contributed by atoms with E-state index in [1.54, 1.807) is 12.3 Å². The molecule has 0 radical (unpaired) electrons. The van der Waals surface area contributed by atoms with Gasteiger partial charge in [-0.05, 0) is 43.1 Å². The van der Waals surface area contributed by atoms with Gasteiger partial charge in [-0.3, -0.25) is 4.98 Å². The van der Waals surface area contributed by atoms with E-state index in [-0.39, 0.29) is 5.56 Å². The first-order chi connectivity index (χ1) is 11.7. The van der Waals surface area contributed by atoms with Crippen LogP contribution in [-0.4, -0.2) is 36.6 Å². The number of aromatic nitrogens is 1. The second kappa shape index (κ2) is 7.41. The summed E-state index contributed by atoms with van der Waals surface area (Å²) in [5.41, 5.74) is 2.07. The van der Waals surface area contributed by atoms with Gasteiger partial charge in [0.1, 0.15) is 17.4 Å². The van der Waals surface area contributed by atoms with Crippen molar-refractivity contribution in [3.8, 4) is 6.07 Å². The van der Waals surface area contributed by atoms with E-state index in [4.69, 9.17) is 0 Å². The van der Waals surface area contributed by atoms with Gasteiger partial charge in [0.25, 0.3) is 0 Å². The highest BCUT2D eigenvalue weighted by atomic mass is 19.1. The highest BCUT2D eigenvalue weighted by Gasteiger charge is 2.26. The predicted molar refractivity (Wildman–Crippen MR) is 92.0 cm³/mol. The Morgan fingerprint density at radius 1 is 1.38 bits per heavy atom. The van der Waals surface area contributed by atoms with Gasteiger partial charge in [-0.15, -0.1) is 0 Å². The van der Waals surface area contributed by atoms with Crippen molar-refractivity contribution in [2.24, 2.45) is 5.92 Å². The molecule has 1 aliphatic heterocycles. The third kappa shape index (κ3) is 3.72. The highest BCUT2D eigenvalue weighted by molar-refractivity contribution is 5.60. The molecule has 4 nitrogen and oxygen atoms in total. The normalized spacial score (nSPS) is 17.2. The van der Waals surface area contributed by atoms with Crippen molar-refractivity contribution in [2.45, 2.75) is 13.0 Å². The minimum Gasteiger partial charge on any atom is -0.370 e. The topological polar surface area (TPSA) is 43.2 Å². The third-order valence-electron chi connectivity index (χ3n) is 4.48. The molecule has 0 N–H and O–H groups in total. The predicted octanol–water partition coefficient (Wildman–Crippen LogP) is 3.05. The van der Waals surface area contributed by atoms with Crippen LogP contribution < -0.4 is 4.90 Å². The van der Waals surface area contributed by atoms with Crippen LogP contribution in [0.2, 0.25) is 0 Å².